The minimum atomic E-state index is -0.635. The fourth-order valence-electron chi connectivity index (χ4n) is 6.75. The van der Waals surface area contributed by atoms with Crippen molar-refractivity contribution in [3.8, 4) is 11.3 Å². The number of piperazine rings is 1. The first-order valence-electron chi connectivity index (χ1n) is 14.7. The number of benzene rings is 1. The van der Waals surface area contributed by atoms with Gasteiger partial charge in [-0.1, -0.05) is 31.9 Å². The Labute approximate surface area is 239 Å². The van der Waals surface area contributed by atoms with Gasteiger partial charge in [0, 0.05) is 55.1 Å². The molecule has 1 N–H and O–H groups in total. The maximum Gasteiger partial charge on any atom is 0.251 e. The molecule has 1 saturated carbocycles. The van der Waals surface area contributed by atoms with Gasteiger partial charge in [-0.15, -0.1) is 11.3 Å². The Morgan fingerprint density at radius 2 is 1.85 bits per heavy atom. The summed E-state index contributed by atoms with van der Waals surface area (Å²) in [6, 6.07) is 6.31. The maximum absolute atomic E-state index is 13.9. The first kappa shape index (κ1) is 27.4. The van der Waals surface area contributed by atoms with Crippen LogP contribution in [0.1, 0.15) is 49.4 Å². The van der Waals surface area contributed by atoms with Crippen molar-refractivity contribution in [3.63, 3.8) is 0 Å². The number of thiazole rings is 1. The minimum Gasteiger partial charge on any atom is -0.367 e. The number of anilines is 1. The molecule has 2 amide bonds. The summed E-state index contributed by atoms with van der Waals surface area (Å²) in [5, 5.41) is 6.18. The number of aromatic nitrogens is 1. The molecule has 0 unspecified atom stereocenters. The number of likely N-dealkylation sites (tertiary alicyclic amines) is 1. The molecule has 4 aliphatic rings. The molecule has 4 atom stereocenters. The van der Waals surface area contributed by atoms with E-state index in [9.17, 15) is 14.4 Å². The van der Waals surface area contributed by atoms with Gasteiger partial charge in [-0.3, -0.25) is 14.4 Å². The summed E-state index contributed by atoms with van der Waals surface area (Å²) in [6.45, 7) is 6.66. The van der Waals surface area contributed by atoms with Crippen LogP contribution in [0.5, 0.6) is 0 Å². The van der Waals surface area contributed by atoms with E-state index in [1.54, 1.807) is 16.2 Å². The molecule has 4 heterocycles. The molecule has 3 saturated heterocycles. The molecule has 1 aliphatic carbocycles. The Hall–Kier alpha value is -2.82. The van der Waals surface area contributed by atoms with Gasteiger partial charge in [-0.2, -0.15) is 0 Å². The third kappa shape index (κ3) is 5.29. The van der Waals surface area contributed by atoms with E-state index in [1.807, 2.05) is 24.3 Å². The predicted octanol–water partition coefficient (Wildman–Crippen LogP) is 3.06. The van der Waals surface area contributed by atoms with Gasteiger partial charge in [0.25, 0.3) is 5.91 Å². The molecule has 3 aliphatic heterocycles. The number of hydrogen-bond donors (Lipinski definition) is 1. The molecule has 0 bridgehead atoms. The van der Waals surface area contributed by atoms with Crippen LogP contribution in [0.2, 0.25) is 0 Å². The van der Waals surface area contributed by atoms with Crippen LogP contribution in [-0.2, 0) is 14.3 Å². The monoisotopic (exact) mass is 565 g/mol. The van der Waals surface area contributed by atoms with Crippen molar-refractivity contribution in [1.29, 1.82) is 0 Å². The second kappa shape index (κ2) is 11.6. The maximum atomic E-state index is 13.9. The summed E-state index contributed by atoms with van der Waals surface area (Å²) < 4.78 is 5.78. The number of ketones is 1. The lowest BCUT2D eigenvalue weighted by Gasteiger charge is -2.32. The van der Waals surface area contributed by atoms with Crippen molar-refractivity contribution in [2.45, 2.75) is 57.2 Å². The highest BCUT2D eigenvalue weighted by Gasteiger charge is 2.53. The van der Waals surface area contributed by atoms with Crippen LogP contribution in [0.4, 0.5) is 5.13 Å². The number of fused-ring (bicyclic) bond motifs is 1. The highest BCUT2D eigenvalue weighted by atomic mass is 32.1. The van der Waals surface area contributed by atoms with Crippen molar-refractivity contribution in [1.82, 2.24) is 20.1 Å². The number of nitrogens with one attached hydrogen (secondary N) is 1. The molecule has 1 aromatic heterocycles. The first-order valence-corrected chi connectivity index (χ1v) is 15.6. The van der Waals surface area contributed by atoms with E-state index in [0.29, 0.717) is 12.1 Å². The number of carbonyl (C=O) groups is 3. The van der Waals surface area contributed by atoms with Gasteiger partial charge >= 0.3 is 0 Å². The lowest BCUT2D eigenvalue weighted by atomic mass is 9.95. The quantitative estimate of drug-likeness (QED) is 0.552. The Morgan fingerprint density at radius 3 is 2.55 bits per heavy atom. The third-order valence-electron chi connectivity index (χ3n) is 9.23. The average Bonchev–Trinajstić information content (AvgIpc) is 3.78. The third-order valence-corrected chi connectivity index (χ3v) is 10.1. The van der Waals surface area contributed by atoms with Crippen LogP contribution in [0.25, 0.3) is 11.3 Å². The molecule has 1 aromatic carbocycles. The zero-order valence-corrected chi connectivity index (χ0v) is 24.2. The standard InChI is InChI=1S/C30H39N5O4S/c1-3-19-16-35(26-24(36)17-39-27(19)26)29(38)25(21-6-4-5-7-21)32-28(37)22-10-8-20(9-11-22)23-18-40-30(31-23)34-14-12-33(2)13-15-34/h8-11,18-19,21,25-27H,3-7,12-17H2,1-2H3,(H,32,37)/t19-,25+,26-,27-/m1/s1. The Bertz CT molecular complexity index is 1230. The number of likely N-dealkylation sites (N-methyl/N-ethyl adjacent to an activating group) is 1. The average molecular weight is 566 g/mol. The summed E-state index contributed by atoms with van der Waals surface area (Å²) in [5.41, 5.74) is 2.38. The van der Waals surface area contributed by atoms with Crippen LogP contribution < -0.4 is 10.2 Å². The molecular formula is C30H39N5O4S. The lowest BCUT2D eigenvalue weighted by Crippen LogP contribution is -2.54. The summed E-state index contributed by atoms with van der Waals surface area (Å²) in [6.07, 6.45) is 4.53. The summed E-state index contributed by atoms with van der Waals surface area (Å²) in [5.74, 6) is -0.199. The molecule has 40 heavy (non-hydrogen) atoms. The Morgan fingerprint density at radius 1 is 1.12 bits per heavy atom. The van der Waals surface area contributed by atoms with Crippen molar-refractivity contribution < 1.29 is 19.1 Å². The van der Waals surface area contributed by atoms with Crippen LogP contribution in [-0.4, -0.2) is 96.9 Å². The van der Waals surface area contributed by atoms with E-state index in [0.717, 1.165) is 74.7 Å². The first-order chi connectivity index (χ1) is 19.4. The van der Waals surface area contributed by atoms with Crippen molar-refractivity contribution >= 4 is 34.1 Å². The molecule has 214 valence electrons. The smallest absolute Gasteiger partial charge is 0.251 e. The van der Waals surface area contributed by atoms with Crippen molar-refractivity contribution in [2.75, 3.05) is 51.3 Å². The zero-order chi connectivity index (χ0) is 27.8. The second-order valence-corrected chi connectivity index (χ2v) is 12.6. The van der Waals surface area contributed by atoms with Gasteiger partial charge in [0.1, 0.15) is 18.7 Å². The topological polar surface area (TPSA) is 95.1 Å². The molecule has 4 fully saturated rings. The van der Waals surface area contributed by atoms with E-state index in [2.05, 4.69) is 34.5 Å². The molecule has 2 aromatic rings. The van der Waals surface area contributed by atoms with Crippen LogP contribution in [0.3, 0.4) is 0 Å². The van der Waals surface area contributed by atoms with Gasteiger partial charge in [0.15, 0.2) is 10.9 Å². The van der Waals surface area contributed by atoms with Crippen molar-refractivity contribution in [2.24, 2.45) is 11.8 Å². The Balaban J connectivity index is 1.15. The van der Waals surface area contributed by atoms with Gasteiger partial charge in [0.2, 0.25) is 5.91 Å². The Kier molecular flexibility index (Phi) is 7.92. The van der Waals surface area contributed by atoms with Gasteiger partial charge in [0.05, 0.1) is 11.8 Å². The van der Waals surface area contributed by atoms with Crippen molar-refractivity contribution in [3.05, 3.63) is 35.2 Å². The zero-order valence-electron chi connectivity index (χ0n) is 23.4. The SMILES string of the molecule is CC[C@@H]1CN(C(=O)[C@@H](NC(=O)c2ccc(-c3csc(N4CCN(C)CC4)n3)cc2)C2CCCC2)[C@@H]2C(=O)CO[C@H]12. The summed E-state index contributed by atoms with van der Waals surface area (Å²) in [7, 11) is 2.14. The van der Waals surface area contributed by atoms with Crippen LogP contribution in [0, 0.1) is 11.8 Å². The van der Waals surface area contributed by atoms with E-state index in [4.69, 9.17) is 9.72 Å². The number of nitrogens with zero attached hydrogens (tertiary/aromatic N) is 4. The molecule has 0 spiro atoms. The molecule has 6 rings (SSSR count). The van der Waals surface area contributed by atoms with Crippen LogP contribution in [0.15, 0.2) is 29.6 Å². The fourth-order valence-corrected chi connectivity index (χ4v) is 7.64. The van der Waals surface area contributed by atoms with E-state index in [-0.39, 0.29) is 42.1 Å². The largest absolute Gasteiger partial charge is 0.367 e. The number of Topliss-reactive ketones (excluding diaryl/α,β-unsaturated/α-hetero) is 1. The summed E-state index contributed by atoms with van der Waals surface area (Å²) in [4.78, 5) is 51.2. The van der Waals surface area contributed by atoms with Crippen LogP contribution >= 0.6 is 11.3 Å². The minimum absolute atomic E-state index is 0.0285. The van der Waals surface area contributed by atoms with E-state index >= 15 is 0 Å². The van der Waals surface area contributed by atoms with E-state index in [1.165, 1.54) is 0 Å². The predicted molar refractivity (Wildman–Crippen MR) is 155 cm³/mol. The van der Waals surface area contributed by atoms with Gasteiger partial charge < -0.3 is 24.8 Å². The number of rotatable bonds is 7. The fraction of sp³-hybridized carbons (Fsp3) is 0.600. The van der Waals surface area contributed by atoms with Gasteiger partial charge in [-0.25, -0.2) is 4.98 Å². The summed E-state index contributed by atoms with van der Waals surface area (Å²) >= 11 is 1.65. The second-order valence-electron chi connectivity index (χ2n) is 11.7. The number of carbonyl (C=O) groups excluding carboxylic acids is 3. The lowest BCUT2D eigenvalue weighted by molar-refractivity contribution is -0.139. The molecule has 9 nitrogen and oxygen atoms in total. The number of ether oxygens (including phenoxy) is 1. The molecular weight excluding hydrogens is 526 g/mol. The molecule has 10 heteroatoms. The molecule has 0 radical (unpaired) electrons. The number of hydrogen-bond acceptors (Lipinski definition) is 8. The van der Waals surface area contributed by atoms with E-state index < -0.39 is 12.1 Å². The number of amides is 2. The normalized spacial score (nSPS) is 26.4. The highest BCUT2D eigenvalue weighted by Crippen LogP contribution is 2.36. The van der Waals surface area contributed by atoms with Gasteiger partial charge in [-0.05, 0) is 44.4 Å². The highest BCUT2D eigenvalue weighted by molar-refractivity contribution is 7.14.